The molecule has 0 saturated heterocycles. The number of alkyl halides is 1. The van der Waals surface area contributed by atoms with Gasteiger partial charge in [0.05, 0.1) is 11.8 Å². The van der Waals surface area contributed by atoms with Gasteiger partial charge in [-0.25, -0.2) is 13.1 Å². The fraction of sp³-hybridized carbons (Fsp3) is 0.958. The van der Waals surface area contributed by atoms with Gasteiger partial charge in [-0.05, 0) is 30.7 Å². The number of rotatable bonds is 24. The van der Waals surface area contributed by atoms with Crippen LogP contribution in [0.5, 0.6) is 0 Å². The molecule has 1 aromatic heterocycles. The van der Waals surface area contributed by atoms with Crippen LogP contribution in [0.1, 0.15) is 115 Å². The summed E-state index contributed by atoms with van der Waals surface area (Å²) in [5.41, 5.74) is 0. The van der Waals surface area contributed by atoms with E-state index in [0.29, 0.717) is 18.1 Å². The van der Waals surface area contributed by atoms with Crippen LogP contribution in [-0.4, -0.2) is 58.3 Å². The van der Waals surface area contributed by atoms with E-state index in [2.05, 4.69) is 27.1 Å². The van der Waals surface area contributed by atoms with Gasteiger partial charge in [0.2, 0.25) is 10.0 Å². The van der Waals surface area contributed by atoms with Gasteiger partial charge in [0, 0.05) is 18.2 Å². The van der Waals surface area contributed by atoms with Crippen LogP contribution in [0.25, 0.3) is 0 Å². The Morgan fingerprint density at radius 1 is 0.912 bits per heavy atom. The zero-order valence-electron chi connectivity index (χ0n) is 21.5. The van der Waals surface area contributed by atoms with E-state index in [-0.39, 0.29) is 18.3 Å². The molecule has 1 N–H and O–H groups in total. The van der Waals surface area contributed by atoms with Gasteiger partial charge in [-0.1, -0.05) is 90.4 Å². The van der Waals surface area contributed by atoms with Crippen molar-refractivity contribution < 1.29 is 8.42 Å². The number of nitrogens with zero attached hydrogens (tertiary/aromatic N) is 4. The lowest BCUT2D eigenvalue weighted by molar-refractivity contribution is 0.424. The van der Waals surface area contributed by atoms with Crippen molar-refractivity contribution >= 4 is 33.4 Å². The second-order valence-corrected chi connectivity index (χ2v) is 12.6. The van der Waals surface area contributed by atoms with Gasteiger partial charge in [-0.15, -0.1) is 21.8 Å². The second-order valence-electron chi connectivity index (χ2n) is 9.19. The van der Waals surface area contributed by atoms with Crippen molar-refractivity contribution in [1.82, 2.24) is 24.9 Å². The number of nitrogens with one attached hydrogen (secondary N) is 1. The van der Waals surface area contributed by atoms with Crippen LogP contribution in [0.3, 0.4) is 0 Å². The molecular formula is C24H48ClN5O2S2. The molecule has 0 bridgehead atoms. The predicted octanol–water partition coefficient (Wildman–Crippen LogP) is 6.29. The maximum Gasteiger partial charge on any atom is 0.211 e. The van der Waals surface area contributed by atoms with Crippen molar-refractivity contribution in [3.8, 4) is 0 Å². The maximum atomic E-state index is 12.1. The summed E-state index contributed by atoms with van der Waals surface area (Å²) in [6.45, 7) is 4.33. The molecule has 10 heteroatoms. The fourth-order valence-electron chi connectivity index (χ4n) is 3.82. The normalized spacial score (nSPS) is 12.9. The van der Waals surface area contributed by atoms with E-state index in [4.69, 9.17) is 11.6 Å². The molecule has 0 spiro atoms. The first-order valence-corrected chi connectivity index (χ1v) is 16.7. The number of thioether (sulfide) groups is 1. The Labute approximate surface area is 218 Å². The Kier molecular flexibility index (Phi) is 19.3. The first-order valence-electron chi connectivity index (χ1n) is 13.4. The van der Waals surface area contributed by atoms with E-state index >= 15 is 0 Å². The minimum absolute atomic E-state index is 0.0409. The fourth-order valence-corrected chi connectivity index (χ4v) is 6.32. The lowest BCUT2D eigenvalue weighted by Gasteiger charge is -2.16. The van der Waals surface area contributed by atoms with Crippen molar-refractivity contribution in [2.75, 3.05) is 29.7 Å². The molecule has 1 atom stereocenters. The minimum atomic E-state index is -3.33. The average molecular weight is 538 g/mol. The Morgan fingerprint density at radius 2 is 1.47 bits per heavy atom. The molecule has 0 aliphatic carbocycles. The first kappa shape index (κ1) is 31.6. The van der Waals surface area contributed by atoms with Crippen molar-refractivity contribution in [3.63, 3.8) is 0 Å². The molecule has 1 aromatic rings. The molecule has 0 aliphatic rings. The smallest absolute Gasteiger partial charge is 0.211 e. The zero-order valence-corrected chi connectivity index (χ0v) is 23.9. The molecule has 0 saturated carbocycles. The van der Waals surface area contributed by atoms with Gasteiger partial charge in [-0.2, -0.15) is 16.6 Å². The van der Waals surface area contributed by atoms with E-state index in [1.165, 1.54) is 94.7 Å². The predicted molar refractivity (Wildman–Crippen MR) is 146 cm³/mol. The van der Waals surface area contributed by atoms with Gasteiger partial charge < -0.3 is 0 Å². The molecule has 34 heavy (non-hydrogen) atoms. The molecule has 0 radical (unpaired) electrons. The van der Waals surface area contributed by atoms with Crippen LogP contribution in [0.2, 0.25) is 0 Å². The Bertz CT molecular complexity index is 703. The Morgan fingerprint density at radius 3 is 1.97 bits per heavy atom. The summed E-state index contributed by atoms with van der Waals surface area (Å²) in [6.07, 6.45) is 19.5. The summed E-state index contributed by atoms with van der Waals surface area (Å²) in [4.78, 5) is 1.54. The standard InChI is InChI=1S/C24H48ClN5O2S2/c1-3-4-5-6-7-8-9-10-11-12-13-14-15-16-19-33-22-24(30-28-23(2)27-29-30)21-26-34(31,32)20-17-18-25/h24,26H,3-22H2,1-2H3. The van der Waals surface area contributed by atoms with Crippen LogP contribution in [0, 0.1) is 6.92 Å². The van der Waals surface area contributed by atoms with Crippen LogP contribution in [0.4, 0.5) is 0 Å². The highest BCUT2D eigenvalue weighted by Crippen LogP contribution is 2.17. The number of hydrogen-bond donors (Lipinski definition) is 1. The third-order valence-electron chi connectivity index (χ3n) is 5.89. The van der Waals surface area contributed by atoms with E-state index in [1.807, 2.05) is 11.8 Å². The Balaban J connectivity index is 2.09. The van der Waals surface area contributed by atoms with Crippen molar-refractivity contribution in [1.29, 1.82) is 0 Å². The van der Waals surface area contributed by atoms with E-state index in [9.17, 15) is 8.42 Å². The first-order chi connectivity index (χ1) is 16.5. The van der Waals surface area contributed by atoms with Crippen LogP contribution < -0.4 is 4.72 Å². The lowest BCUT2D eigenvalue weighted by Crippen LogP contribution is -2.34. The third-order valence-corrected chi connectivity index (χ3v) is 8.79. The summed E-state index contributed by atoms with van der Waals surface area (Å²) in [6, 6.07) is -0.149. The third kappa shape index (κ3) is 17.1. The molecule has 0 amide bonds. The van der Waals surface area contributed by atoms with Crippen LogP contribution in [0.15, 0.2) is 0 Å². The van der Waals surface area contributed by atoms with Crippen molar-refractivity contribution in [3.05, 3.63) is 5.82 Å². The number of hydrogen-bond acceptors (Lipinski definition) is 6. The second kappa shape index (κ2) is 20.8. The maximum absolute atomic E-state index is 12.1. The molecule has 0 aliphatic heterocycles. The number of aromatic nitrogens is 4. The molecule has 0 aromatic carbocycles. The monoisotopic (exact) mass is 537 g/mol. The van der Waals surface area contributed by atoms with Crippen molar-refractivity contribution in [2.24, 2.45) is 0 Å². The Hall–Kier alpha value is -0.380. The van der Waals surface area contributed by atoms with Gasteiger partial charge >= 0.3 is 0 Å². The minimum Gasteiger partial charge on any atom is -0.213 e. The van der Waals surface area contributed by atoms with Gasteiger partial charge in [0.25, 0.3) is 0 Å². The SMILES string of the molecule is CCCCCCCCCCCCCCCCSCC(CNS(=O)(=O)CCCCl)n1nnc(C)n1. The largest absolute Gasteiger partial charge is 0.213 e. The summed E-state index contributed by atoms with van der Waals surface area (Å²) < 4.78 is 26.9. The lowest BCUT2D eigenvalue weighted by atomic mass is 10.0. The number of halogens is 1. The van der Waals surface area contributed by atoms with Crippen LogP contribution >= 0.6 is 23.4 Å². The molecule has 1 heterocycles. The summed E-state index contributed by atoms with van der Waals surface area (Å²) in [5.74, 6) is 2.79. The summed E-state index contributed by atoms with van der Waals surface area (Å²) in [5, 5.41) is 12.3. The molecular weight excluding hydrogens is 490 g/mol. The average Bonchev–Trinajstić information content (AvgIpc) is 3.25. The van der Waals surface area contributed by atoms with Crippen LogP contribution in [-0.2, 0) is 10.0 Å². The van der Waals surface area contributed by atoms with Gasteiger partial charge in [-0.3, -0.25) is 0 Å². The highest BCUT2D eigenvalue weighted by molar-refractivity contribution is 7.99. The molecule has 1 rings (SSSR count). The molecule has 7 nitrogen and oxygen atoms in total. The quantitative estimate of drug-likeness (QED) is 0.123. The molecule has 1 unspecified atom stereocenters. The topological polar surface area (TPSA) is 89.8 Å². The van der Waals surface area contributed by atoms with Gasteiger partial charge in [0.15, 0.2) is 5.82 Å². The van der Waals surface area contributed by atoms with Crippen molar-refractivity contribution in [2.45, 2.75) is 116 Å². The van der Waals surface area contributed by atoms with Gasteiger partial charge in [0.1, 0.15) is 0 Å². The number of sulfonamides is 1. The van der Waals surface area contributed by atoms with E-state index in [0.717, 1.165) is 11.5 Å². The highest BCUT2D eigenvalue weighted by Gasteiger charge is 2.18. The summed E-state index contributed by atoms with van der Waals surface area (Å²) in [7, 11) is -3.33. The number of unbranched alkanes of at least 4 members (excludes halogenated alkanes) is 13. The van der Waals surface area contributed by atoms with E-state index < -0.39 is 10.0 Å². The molecule has 0 fully saturated rings. The molecule has 200 valence electrons. The highest BCUT2D eigenvalue weighted by atomic mass is 35.5. The zero-order chi connectivity index (χ0) is 24.9. The number of aryl methyl sites for hydroxylation is 1. The summed E-state index contributed by atoms with van der Waals surface area (Å²) >= 11 is 7.46. The van der Waals surface area contributed by atoms with E-state index in [1.54, 1.807) is 6.92 Å². The number of tetrazole rings is 1.